The zero-order valence-electron chi connectivity index (χ0n) is 16.7. The third-order valence-electron chi connectivity index (χ3n) is 5.25. The predicted octanol–water partition coefficient (Wildman–Crippen LogP) is 3.41. The van der Waals surface area contributed by atoms with Crippen molar-refractivity contribution in [2.24, 2.45) is 0 Å². The van der Waals surface area contributed by atoms with Crippen molar-refractivity contribution >= 4 is 0 Å². The maximum Gasteiger partial charge on any atom is 0.203 e. The van der Waals surface area contributed by atoms with Crippen molar-refractivity contribution in [1.29, 1.82) is 0 Å². The Hall–Kier alpha value is -2.24. The van der Waals surface area contributed by atoms with Gasteiger partial charge in [-0.3, -0.25) is 4.90 Å². The van der Waals surface area contributed by atoms with Crippen LogP contribution in [0.1, 0.15) is 29.2 Å². The molecule has 1 unspecified atom stereocenters. The molecule has 0 amide bonds. The van der Waals surface area contributed by atoms with Gasteiger partial charge in [-0.2, -0.15) is 0 Å². The van der Waals surface area contributed by atoms with Gasteiger partial charge in [0.05, 0.1) is 27.4 Å². The molecule has 0 spiro atoms. The van der Waals surface area contributed by atoms with Gasteiger partial charge in [0, 0.05) is 25.2 Å². The second kappa shape index (κ2) is 9.11. The third kappa shape index (κ3) is 4.04. The fraction of sp³-hybridized carbons (Fsp3) is 0.455. The lowest BCUT2D eigenvalue weighted by Gasteiger charge is -2.33. The number of methoxy groups -OCH3 is 3. The van der Waals surface area contributed by atoms with Gasteiger partial charge in [-0.1, -0.05) is 24.3 Å². The summed E-state index contributed by atoms with van der Waals surface area (Å²) in [6.45, 7) is 6.23. The van der Waals surface area contributed by atoms with Crippen LogP contribution in [0.3, 0.4) is 0 Å². The Morgan fingerprint density at radius 1 is 0.852 bits per heavy atom. The molecular weight excluding hydrogens is 340 g/mol. The predicted molar refractivity (Wildman–Crippen MR) is 108 cm³/mol. The van der Waals surface area contributed by atoms with E-state index in [-0.39, 0.29) is 6.04 Å². The average Bonchev–Trinajstić information content (AvgIpc) is 2.98. The normalized spacial score (nSPS) is 16.4. The van der Waals surface area contributed by atoms with Crippen molar-refractivity contribution in [2.45, 2.75) is 19.4 Å². The van der Waals surface area contributed by atoms with Crippen molar-refractivity contribution in [3.05, 3.63) is 53.1 Å². The van der Waals surface area contributed by atoms with E-state index in [1.54, 1.807) is 21.3 Å². The van der Waals surface area contributed by atoms with Gasteiger partial charge in [0.2, 0.25) is 5.75 Å². The van der Waals surface area contributed by atoms with Crippen LogP contribution < -0.4 is 19.5 Å². The van der Waals surface area contributed by atoms with Crippen molar-refractivity contribution in [2.75, 3.05) is 47.5 Å². The number of nitrogens with one attached hydrogen (secondary N) is 1. The minimum absolute atomic E-state index is 0.0980. The third-order valence-corrected chi connectivity index (χ3v) is 5.25. The van der Waals surface area contributed by atoms with Crippen LogP contribution in [0.25, 0.3) is 0 Å². The molecular formula is C22H30N2O3. The molecule has 0 aromatic heterocycles. The van der Waals surface area contributed by atoms with Crippen LogP contribution in [0.15, 0.2) is 36.4 Å². The molecule has 2 aromatic carbocycles. The summed E-state index contributed by atoms with van der Waals surface area (Å²) in [5.41, 5.74) is 3.67. The van der Waals surface area contributed by atoms with E-state index in [9.17, 15) is 0 Å². The van der Waals surface area contributed by atoms with Crippen molar-refractivity contribution in [3.8, 4) is 17.2 Å². The fourth-order valence-electron chi connectivity index (χ4n) is 3.92. The first-order chi connectivity index (χ1) is 13.2. The molecule has 0 aliphatic carbocycles. The van der Waals surface area contributed by atoms with Crippen molar-refractivity contribution < 1.29 is 14.2 Å². The lowest BCUT2D eigenvalue weighted by atomic mass is 9.92. The fourth-order valence-corrected chi connectivity index (χ4v) is 3.92. The quantitative estimate of drug-likeness (QED) is 0.844. The highest BCUT2D eigenvalue weighted by Crippen LogP contribution is 2.45. The van der Waals surface area contributed by atoms with Crippen LogP contribution in [-0.2, 0) is 0 Å². The largest absolute Gasteiger partial charge is 0.493 e. The summed E-state index contributed by atoms with van der Waals surface area (Å²) in [5.74, 6) is 2.06. The van der Waals surface area contributed by atoms with E-state index in [4.69, 9.17) is 14.2 Å². The minimum Gasteiger partial charge on any atom is -0.493 e. The van der Waals surface area contributed by atoms with Crippen molar-refractivity contribution in [3.63, 3.8) is 0 Å². The van der Waals surface area contributed by atoms with E-state index >= 15 is 0 Å². The van der Waals surface area contributed by atoms with Crippen LogP contribution >= 0.6 is 0 Å². The molecule has 1 aliphatic rings. The Morgan fingerprint density at radius 3 is 2.33 bits per heavy atom. The molecule has 146 valence electrons. The van der Waals surface area contributed by atoms with E-state index in [1.807, 2.05) is 6.07 Å². The monoisotopic (exact) mass is 370 g/mol. The summed E-state index contributed by atoms with van der Waals surface area (Å²) in [6, 6.07) is 12.8. The lowest BCUT2D eigenvalue weighted by molar-refractivity contribution is 0.233. The molecule has 27 heavy (non-hydrogen) atoms. The molecule has 3 rings (SSSR count). The first kappa shape index (κ1) is 19.5. The standard InChI is InChI=1S/C22H30N2O3/c1-16-8-5-6-9-17(16)20(24-14-7-12-23-13-15-24)18-10-11-19(25-2)22(27-4)21(18)26-3/h5-6,8-11,20,23H,7,12-15H2,1-4H3. The number of hydrogen-bond acceptors (Lipinski definition) is 5. The molecule has 0 radical (unpaired) electrons. The summed E-state index contributed by atoms with van der Waals surface area (Å²) >= 11 is 0. The number of ether oxygens (including phenoxy) is 3. The second-order valence-electron chi connectivity index (χ2n) is 6.82. The second-order valence-corrected chi connectivity index (χ2v) is 6.82. The molecule has 1 heterocycles. The van der Waals surface area contributed by atoms with E-state index < -0.39 is 0 Å². The van der Waals surface area contributed by atoms with Crippen LogP contribution in [-0.4, -0.2) is 52.4 Å². The Morgan fingerprint density at radius 2 is 1.63 bits per heavy atom. The van der Waals surface area contributed by atoms with E-state index in [1.165, 1.54) is 11.1 Å². The number of nitrogens with zero attached hydrogens (tertiary/aromatic N) is 1. The Labute approximate surface area is 162 Å². The van der Waals surface area contributed by atoms with Crippen molar-refractivity contribution in [1.82, 2.24) is 10.2 Å². The number of benzene rings is 2. The number of aryl methyl sites for hydroxylation is 1. The van der Waals surface area contributed by atoms with Gasteiger partial charge in [0.25, 0.3) is 0 Å². The highest BCUT2D eigenvalue weighted by Gasteiger charge is 2.29. The maximum absolute atomic E-state index is 5.83. The number of hydrogen-bond donors (Lipinski definition) is 1. The van der Waals surface area contributed by atoms with Crippen LogP contribution in [0.2, 0.25) is 0 Å². The molecule has 0 saturated carbocycles. The van der Waals surface area contributed by atoms with E-state index in [0.717, 1.165) is 43.9 Å². The Kier molecular flexibility index (Phi) is 6.58. The molecule has 5 heteroatoms. The number of rotatable bonds is 6. The molecule has 0 bridgehead atoms. The molecule has 5 nitrogen and oxygen atoms in total. The van der Waals surface area contributed by atoms with Gasteiger partial charge in [-0.05, 0) is 43.1 Å². The summed E-state index contributed by atoms with van der Waals surface area (Å²) in [5, 5.41) is 3.50. The van der Waals surface area contributed by atoms with Gasteiger partial charge >= 0.3 is 0 Å². The molecule has 1 fully saturated rings. The molecule has 1 saturated heterocycles. The van der Waals surface area contributed by atoms with Crippen LogP contribution in [0.4, 0.5) is 0 Å². The highest BCUT2D eigenvalue weighted by atomic mass is 16.5. The van der Waals surface area contributed by atoms with Gasteiger partial charge in [-0.15, -0.1) is 0 Å². The molecule has 1 aliphatic heterocycles. The zero-order valence-corrected chi connectivity index (χ0v) is 16.7. The smallest absolute Gasteiger partial charge is 0.203 e. The first-order valence-corrected chi connectivity index (χ1v) is 9.50. The summed E-state index contributed by atoms with van der Waals surface area (Å²) in [4.78, 5) is 2.53. The zero-order chi connectivity index (χ0) is 19.2. The van der Waals surface area contributed by atoms with E-state index in [2.05, 4.69) is 47.5 Å². The Balaban J connectivity index is 2.17. The SMILES string of the molecule is COc1ccc(C(c2ccccc2C)N2CCCNCC2)c(OC)c1OC. The summed E-state index contributed by atoms with van der Waals surface area (Å²) in [7, 11) is 5.00. The Bertz CT molecular complexity index is 755. The van der Waals surface area contributed by atoms with Crippen LogP contribution in [0.5, 0.6) is 17.2 Å². The van der Waals surface area contributed by atoms with Gasteiger partial charge in [0.1, 0.15) is 0 Å². The molecule has 2 aromatic rings. The van der Waals surface area contributed by atoms with E-state index in [0.29, 0.717) is 11.5 Å². The van der Waals surface area contributed by atoms with Crippen LogP contribution in [0, 0.1) is 6.92 Å². The summed E-state index contributed by atoms with van der Waals surface area (Å²) < 4.78 is 17.0. The van der Waals surface area contributed by atoms with Gasteiger partial charge in [0.15, 0.2) is 11.5 Å². The maximum atomic E-state index is 5.83. The highest BCUT2D eigenvalue weighted by molar-refractivity contribution is 5.58. The van der Waals surface area contributed by atoms with Gasteiger partial charge in [-0.25, -0.2) is 0 Å². The molecule has 1 N–H and O–H groups in total. The lowest BCUT2D eigenvalue weighted by Crippen LogP contribution is -2.33. The topological polar surface area (TPSA) is 43.0 Å². The average molecular weight is 370 g/mol. The summed E-state index contributed by atoms with van der Waals surface area (Å²) in [6.07, 6.45) is 1.12. The first-order valence-electron chi connectivity index (χ1n) is 9.50. The van der Waals surface area contributed by atoms with Gasteiger partial charge < -0.3 is 19.5 Å². The minimum atomic E-state index is 0.0980. The molecule has 1 atom stereocenters.